The number of carbonyl (C=O) groups excluding carboxylic acids is 3. The van der Waals surface area contributed by atoms with Crippen LogP contribution in [-0.4, -0.2) is 61.2 Å². The molecule has 0 bridgehead atoms. The number of carboxylic acids is 1. The Balaban J connectivity index is 0.000000591. The van der Waals surface area contributed by atoms with Crippen molar-refractivity contribution in [3.8, 4) is 22.6 Å². The number of alkyl halides is 3. The molecule has 2 aliphatic heterocycles. The van der Waals surface area contributed by atoms with Crippen LogP contribution in [0.1, 0.15) is 64.4 Å². The van der Waals surface area contributed by atoms with Gasteiger partial charge in [0.25, 0.3) is 0 Å². The summed E-state index contributed by atoms with van der Waals surface area (Å²) in [7, 11) is 0. The first kappa shape index (κ1) is 34.1. The van der Waals surface area contributed by atoms with Crippen molar-refractivity contribution < 1.29 is 46.5 Å². The van der Waals surface area contributed by atoms with Crippen LogP contribution in [-0.2, 0) is 20.8 Å². The maximum Gasteiger partial charge on any atom is 0.430 e. The van der Waals surface area contributed by atoms with E-state index in [0.717, 1.165) is 67.7 Å². The molecule has 2 saturated heterocycles. The summed E-state index contributed by atoms with van der Waals surface area (Å²) in [4.78, 5) is 35.3. The molecule has 3 fully saturated rings. The maximum atomic E-state index is 13.6. The van der Waals surface area contributed by atoms with E-state index in [2.05, 4.69) is 22.3 Å². The average Bonchev–Trinajstić information content (AvgIpc) is 3.31. The first-order valence-corrected chi connectivity index (χ1v) is 15.4. The lowest BCUT2D eigenvalue weighted by Gasteiger charge is -2.38. The lowest BCUT2D eigenvalue weighted by atomic mass is 9.68. The maximum absolute atomic E-state index is 13.6. The van der Waals surface area contributed by atoms with Crippen molar-refractivity contribution in [3.63, 3.8) is 0 Å². The fourth-order valence-corrected chi connectivity index (χ4v) is 6.61. The van der Waals surface area contributed by atoms with Gasteiger partial charge in [-0.1, -0.05) is 12.1 Å². The predicted molar refractivity (Wildman–Crippen MR) is 156 cm³/mol. The number of hydrogen-bond acceptors (Lipinski definition) is 6. The van der Waals surface area contributed by atoms with E-state index in [9.17, 15) is 27.2 Å². The number of nitrogens with one attached hydrogen (secondary N) is 1. The molecule has 1 unspecified atom stereocenters. The van der Waals surface area contributed by atoms with Crippen molar-refractivity contribution in [1.82, 2.24) is 10.2 Å². The lowest BCUT2D eigenvalue weighted by Crippen LogP contribution is -2.49. The van der Waals surface area contributed by atoms with E-state index in [-0.39, 0.29) is 29.1 Å². The molecule has 12 heteroatoms. The average molecular weight is 636 g/mol. The van der Waals surface area contributed by atoms with E-state index in [1.807, 2.05) is 13.8 Å². The zero-order valence-electron chi connectivity index (χ0n) is 25.5. The Morgan fingerprint density at radius 3 is 2.09 bits per heavy atom. The number of piperidine rings is 1. The number of aliphatic carboxylic acids is 1. The fourth-order valence-electron chi connectivity index (χ4n) is 6.61. The van der Waals surface area contributed by atoms with Gasteiger partial charge in [0.15, 0.2) is 0 Å². The molecule has 2 aromatic rings. The summed E-state index contributed by atoms with van der Waals surface area (Å²) in [5.41, 5.74) is 3.00. The highest BCUT2D eigenvalue weighted by molar-refractivity contribution is 5.81. The first-order chi connectivity index (χ1) is 21.3. The summed E-state index contributed by atoms with van der Waals surface area (Å²) in [6.07, 6.45) is 1.97. The van der Waals surface area contributed by atoms with Gasteiger partial charge in [-0.3, -0.25) is 9.59 Å². The normalized spacial score (nSPS) is 23.3. The Kier molecular flexibility index (Phi) is 11.0. The van der Waals surface area contributed by atoms with Crippen molar-refractivity contribution in [3.05, 3.63) is 47.8 Å². The van der Waals surface area contributed by atoms with Gasteiger partial charge < -0.3 is 29.6 Å². The number of benzene rings is 2. The molecule has 45 heavy (non-hydrogen) atoms. The van der Waals surface area contributed by atoms with Gasteiger partial charge in [0, 0.05) is 32.0 Å². The number of hydrogen-bond donors (Lipinski definition) is 1. The quantitative estimate of drug-likeness (QED) is 0.417. The second-order valence-corrected chi connectivity index (χ2v) is 12.0. The second kappa shape index (κ2) is 14.5. The van der Waals surface area contributed by atoms with Crippen LogP contribution in [0.2, 0.25) is 0 Å². The number of rotatable bonds is 8. The molecule has 2 amide bonds. The summed E-state index contributed by atoms with van der Waals surface area (Å²) in [5, 5.41) is 11.7. The summed E-state index contributed by atoms with van der Waals surface area (Å²) >= 11 is 0. The zero-order valence-corrected chi connectivity index (χ0v) is 25.5. The van der Waals surface area contributed by atoms with E-state index in [1.165, 1.54) is 17.7 Å². The number of halogens is 4. The molecule has 1 saturated carbocycles. The molecule has 3 aliphatic rings. The Morgan fingerprint density at radius 1 is 1.02 bits per heavy atom. The second-order valence-electron chi connectivity index (χ2n) is 12.0. The molecule has 0 aromatic heterocycles. The van der Waals surface area contributed by atoms with Crippen LogP contribution in [0.25, 0.3) is 11.1 Å². The highest BCUT2D eigenvalue weighted by atomic mass is 19.4. The van der Waals surface area contributed by atoms with Crippen LogP contribution in [0.4, 0.5) is 17.6 Å². The third kappa shape index (κ3) is 8.67. The predicted octanol–water partition coefficient (Wildman–Crippen LogP) is 4.82. The third-order valence-electron chi connectivity index (χ3n) is 8.81. The van der Waals surface area contributed by atoms with Crippen LogP contribution < -0.4 is 19.9 Å². The van der Waals surface area contributed by atoms with Gasteiger partial charge in [0.2, 0.25) is 11.8 Å². The lowest BCUT2D eigenvalue weighted by molar-refractivity contribution is -0.344. The summed E-state index contributed by atoms with van der Waals surface area (Å²) in [6, 6.07) is 10.8. The van der Waals surface area contributed by atoms with Gasteiger partial charge in [-0.15, -0.1) is 0 Å². The number of ether oxygens (including phenoxy) is 2. The molecule has 1 atom stereocenters. The van der Waals surface area contributed by atoms with Gasteiger partial charge in [0.05, 0.1) is 18.8 Å². The number of nitrogens with zero attached hydrogens (tertiary/aromatic N) is 1. The summed E-state index contributed by atoms with van der Waals surface area (Å²) in [6.45, 7) is 6.41. The Labute approximate surface area is 260 Å². The monoisotopic (exact) mass is 635 g/mol. The molecular weight excluding hydrogens is 596 g/mol. The van der Waals surface area contributed by atoms with Crippen LogP contribution >= 0.6 is 0 Å². The minimum atomic E-state index is -5.19. The van der Waals surface area contributed by atoms with Crippen molar-refractivity contribution >= 4 is 17.8 Å². The van der Waals surface area contributed by atoms with E-state index >= 15 is 0 Å². The number of carbonyl (C=O) groups is 3. The zero-order chi connectivity index (χ0) is 32.8. The molecule has 246 valence electrons. The smallest absolute Gasteiger partial charge is 0.430 e. The van der Waals surface area contributed by atoms with E-state index in [1.54, 1.807) is 12.1 Å². The van der Waals surface area contributed by atoms with Crippen LogP contribution in [0.3, 0.4) is 0 Å². The van der Waals surface area contributed by atoms with Gasteiger partial charge in [-0.25, -0.2) is 4.39 Å². The molecule has 2 heterocycles. The van der Waals surface area contributed by atoms with Crippen LogP contribution in [0.5, 0.6) is 11.5 Å². The third-order valence-corrected chi connectivity index (χ3v) is 8.81. The van der Waals surface area contributed by atoms with Gasteiger partial charge >= 0.3 is 6.18 Å². The summed E-state index contributed by atoms with van der Waals surface area (Å²) in [5.74, 6) is -0.855. The van der Waals surface area contributed by atoms with E-state index in [0.29, 0.717) is 38.5 Å². The molecule has 0 radical (unpaired) electrons. The highest BCUT2D eigenvalue weighted by Crippen LogP contribution is 2.48. The van der Waals surface area contributed by atoms with Gasteiger partial charge in [-0.05, 0) is 99.1 Å². The fraction of sp³-hybridized carbons (Fsp3) is 0.545. The Bertz CT molecular complexity index is 1320. The van der Waals surface area contributed by atoms with Gasteiger partial charge in [-0.2, -0.15) is 13.2 Å². The number of carboxylic acid groups (broad SMARTS) is 1. The standard InChI is InChI=1S/C31H39FN2O4.C2HF3O2/c1-3-37-26-16-22(17-27(38-4-2)30(26)23-5-7-24(32)8-6-23)15-21-11-13-31(14-12-21)18-29(36)34(20-31)25-9-10-28(35)33-19-25;3-2(4,5)1(6)7/h5-8,16-17,21,25H,3-4,9-15,18-20H2,1-2H3,(H,33,35);(H,6,7)/p-1. The van der Waals surface area contributed by atoms with Crippen molar-refractivity contribution in [2.75, 3.05) is 26.3 Å². The molecule has 1 aliphatic carbocycles. The van der Waals surface area contributed by atoms with Gasteiger partial charge in [0.1, 0.15) is 23.3 Å². The number of likely N-dealkylation sites (tertiary alicyclic amines) is 1. The minimum absolute atomic E-state index is 0.0778. The van der Waals surface area contributed by atoms with Crippen molar-refractivity contribution in [2.24, 2.45) is 11.3 Å². The minimum Gasteiger partial charge on any atom is -0.542 e. The Hall–Kier alpha value is -3.83. The molecular formula is C33H39F4N2O6-. The number of amides is 2. The van der Waals surface area contributed by atoms with E-state index in [4.69, 9.17) is 19.4 Å². The summed E-state index contributed by atoms with van der Waals surface area (Å²) < 4.78 is 57.3. The first-order valence-electron chi connectivity index (χ1n) is 15.4. The molecule has 8 nitrogen and oxygen atoms in total. The van der Waals surface area contributed by atoms with Crippen LogP contribution in [0, 0.1) is 17.2 Å². The van der Waals surface area contributed by atoms with Crippen molar-refractivity contribution in [2.45, 2.75) is 77.4 Å². The van der Waals surface area contributed by atoms with Crippen molar-refractivity contribution in [1.29, 1.82) is 0 Å². The molecule has 2 aromatic carbocycles. The molecule has 5 rings (SSSR count). The largest absolute Gasteiger partial charge is 0.542 e. The highest BCUT2D eigenvalue weighted by Gasteiger charge is 2.47. The topological polar surface area (TPSA) is 108 Å². The Morgan fingerprint density at radius 2 is 1.60 bits per heavy atom. The molecule has 1 spiro atoms. The van der Waals surface area contributed by atoms with E-state index < -0.39 is 12.1 Å². The SMILES string of the molecule is CCOc1cc(CC2CCC3(CC2)CC(=O)N(C2CCC(=O)NC2)C3)cc(OCC)c1-c1ccc(F)cc1.O=C([O-])C(F)(F)F. The van der Waals surface area contributed by atoms with Crippen LogP contribution in [0.15, 0.2) is 36.4 Å². The molecule has 1 N–H and O–H groups in total.